The maximum Gasteiger partial charge on any atom is 0.227 e. The fraction of sp³-hybridized carbons (Fsp3) is 0.0833. The molecule has 0 amide bonds. The Morgan fingerprint density at radius 3 is 2.19 bits per heavy atom. The normalized spacial score (nSPS) is 10.6. The summed E-state index contributed by atoms with van der Waals surface area (Å²) in [6.07, 6.45) is 0.862. The van der Waals surface area contributed by atoms with Gasteiger partial charge in [0.25, 0.3) is 0 Å². The number of benzene rings is 3. The van der Waals surface area contributed by atoms with Gasteiger partial charge in [-0.05, 0) is 36.6 Å². The Labute approximate surface area is 159 Å². The summed E-state index contributed by atoms with van der Waals surface area (Å²) in [5.41, 5.74) is 6.48. The lowest BCUT2D eigenvalue weighted by Gasteiger charge is -2.12. The number of rotatable bonds is 5. The van der Waals surface area contributed by atoms with Crippen molar-refractivity contribution in [2.24, 2.45) is 0 Å². The average molecular weight is 351 g/mol. The van der Waals surface area contributed by atoms with Gasteiger partial charge in [-0.3, -0.25) is 0 Å². The van der Waals surface area contributed by atoms with Crippen LogP contribution < -0.4 is 5.32 Å². The fourth-order valence-corrected chi connectivity index (χ4v) is 3.11. The molecule has 3 heteroatoms. The Hall–Kier alpha value is -3.46. The smallest absolute Gasteiger partial charge is 0.227 e. The van der Waals surface area contributed by atoms with Gasteiger partial charge in [0.15, 0.2) is 0 Å². The van der Waals surface area contributed by atoms with Crippen LogP contribution in [0.15, 0.2) is 91.0 Å². The van der Waals surface area contributed by atoms with E-state index < -0.39 is 0 Å². The van der Waals surface area contributed by atoms with Gasteiger partial charge >= 0.3 is 0 Å². The van der Waals surface area contributed by atoms with E-state index in [1.54, 1.807) is 0 Å². The van der Waals surface area contributed by atoms with Crippen LogP contribution in [0, 0.1) is 6.92 Å². The highest BCUT2D eigenvalue weighted by molar-refractivity contribution is 5.64. The van der Waals surface area contributed by atoms with Crippen molar-refractivity contribution in [2.45, 2.75) is 13.3 Å². The van der Waals surface area contributed by atoms with E-state index in [1.807, 2.05) is 43.3 Å². The van der Waals surface area contributed by atoms with Gasteiger partial charge in [-0.25, -0.2) is 9.97 Å². The van der Waals surface area contributed by atoms with Crippen LogP contribution in [0.1, 0.15) is 16.8 Å². The SMILES string of the molecule is Cc1cc(-c2ccccc2)nc(Nc2ccccc2Cc2ccccc2)n1. The lowest BCUT2D eigenvalue weighted by Crippen LogP contribution is -2.03. The Balaban J connectivity index is 1.64. The second-order valence-corrected chi connectivity index (χ2v) is 6.53. The highest BCUT2D eigenvalue weighted by atomic mass is 15.1. The van der Waals surface area contributed by atoms with Crippen LogP contribution in [0.4, 0.5) is 11.6 Å². The quantitative estimate of drug-likeness (QED) is 0.495. The molecule has 0 unspecified atom stereocenters. The second-order valence-electron chi connectivity index (χ2n) is 6.53. The molecule has 4 aromatic rings. The van der Waals surface area contributed by atoms with Crippen LogP contribution in [0.3, 0.4) is 0 Å². The highest BCUT2D eigenvalue weighted by Gasteiger charge is 2.08. The number of anilines is 2. The molecule has 0 aliphatic heterocycles. The molecule has 0 radical (unpaired) electrons. The molecule has 3 nitrogen and oxygen atoms in total. The summed E-state index contributed by atoms with van der Waals surface area (Å²) < 4.78 is 0. The molecular weight excluding hydrogens is 330 g/mol. The van der Waals surface area contributed by atoms with E-state index in [9.17, 15) is 0 Å². The summed E-state index contributed by atoms with van der Waals surface area (Å²) in [5, 5.41) is 3.42. The van der Waals surface area contributed by atoms with Crippen molar-refractivity contribution >= 4 is 11.6 Å². The first-order valence-corrected chi connectivity index (χ1v) is 9.08. The zero-order chi connectivity index (χ0) is 18.5. The lowest BCUT2D eigenvalue weighted by atomic mass is 10.0. The molecule has 0 spiro atoms. The van der Waals surface area contributed by atoms with Gasteiger partial charge in [0.2, 0.25) is 5.95 Å². The van der Waals surface area contributed by atoms with Crippen LogP contribution in [0.2, 0.25) is 0 Å². The Kier molecular flexibility index (Phi) is 4.93. The van der Waals surface area contributed by atoms with Crippen LogP contribution in [-0.4, -0.2) is 9.97 Å². The molecule has 0 saturated heterocycles. The van der Waals surface area contributed by atoms with E-state index in [0.29, 0.717) is 5.95 Å². The van der Waals surface area contributed by atoms with Crippen molar-refractivity contribution in [3.63, 3.8) is 0 Å². The van der Waals surface area contributed by atoms with Gasteiger partial charge in [-0.15, -0.1) is 0 Å². The fourth-order valence-electron chi connectivity index (χ4n) is 3.11. The van der Waals surface area contributed by atoms with E-state index in [-0.39, 0.29) is 0 Å². The Bertz CT molecular complexity index is 1030. The predicted octanol–water partition coefficient (Wildman–Crippen LogP) is 5.79. The maximum atomic E-state index is 4.73. The summed E-state index contributed by atoms with van der Waals surface area (Å²) in [4.78, 5) is 9.31. The maximum absolute atomic E-state index is 4.73. The minimum absolute atomic E-state index is 0.620. The van der Waals surface area contributed by atoms with Crippen molar-refractivity contribution in [1.82, 2.24) is 9.97 Å². The zero-order valence-electron chi connectivity index (χ0n) is 15.3. The molecule has 3 aromatic carbocycles. The van der Waals surface area contributed by atoms with Gasteiger partial charge in [0, 0.05) is 16.9 Å². The van der Waals surface area contributed by atoms with Crippen LogP contribution in [0.5, 0.6) is 0 Å². The largest absolute Gasteiger partial charge is 0.324 e. The van der Waals surface area contributed by atoms with Crippen LogP contribution in [0.25, 0.3) is 11.3 Å². The van der Waals surface area contributed by atoms with E-state index in [1.165, 1.54) is 11.1 Å². The highest BCUT2D eigenvalue weighted by Crippen LogP contribution is 2.24. The number of para-hydroxylation sites is 1. The summed E-state index contributed by atoms with van der Waals surface area (Å²) in [7, 11) is 0. The molecule has 27 heavy (non-hydrogen) atoms. The van der Waals surface area contributed by atoms with E-state index in [4.69, 9.17) is 4.98 Å². The van der Waals surface area contributed by atoms with Crippen molar-refractivity contribution in [3.8, 4) is 11.3 Å². The van der Waals surface area contributed by atoms with Gasteiger partial charge < -0.3 is 5.32 Å². The first-order chi connectivity index (χ1) is 13.3. The molecule has 0 saturated carbocycles. The topological polar surface area (TPSA) is 37.8 Å². The molecular formula is C24H21N3. The monoisotopic (exact) mass is 351 g/mol. The van der Waals surface area contributed by atoms with E-state index in [2.05, 4.69) is 64.9 Å². The van der Waals surface area contributed by atoms with Gasteiger partial charge in [0.1, 0.15) is 0 Å². The lowest BCUT2D eigenvalue weighted by molar-refractivity contribution is 1.10. The van der Waals surface area contributed by atoms with Gasteiger partial charge in [-0.1, -0.05) is 78.9 Å². The third-order valence-electron chi connectivity index (χ3n) is 4.43. The van der Waals surface area contributed by atoms with Crippen molar-refractivity contribution in [2.75, 3.05) is 5.32 Å². The summed E-state index contributed by atoms with van der Waals surface area (Å²) in [6, 6.07) is 31.0. The Morgan fingerprint density at radius 2 is 1.41 bits per heavy atom. The predicted molar refractivity (Wildman–Crippen MR) is 111 cm³/mol. The number of aromatic nitrogens is 2. The van der Waals surface area contributed by atoms with E-state index in [0.717, 1.165) is 29.1 Å². The number of nitrogens with one attached hydrogen (secondary N) is 1. The van der Waals surface area contributed by atoms with E-state index >= 15 is 0 Å². The minimum atomic E-state index is 0.620. The molecule has 0 atom stereocenters. The van der Waals surface area contributed by atoms with Crippen molar-refractivity contribution < 1.29 is 0 Å². The van der Waals surface area contributed by atoms with Crippen LogP contribution in [-0.2, 0) is 6.42 Å². The molecule has 1 aromatic heterocycles. The first-order valence-electron chi connectivity index (χ1n) is 9.08. The molecule has 1 N–H and O–H groups in total. The third kappa shape index (κ3) is 4.21. The average Bonchev–Trinajstić information content (AvgIpc) is 2.71. The zero-order valence-corrected chi connectivity index (χ0v) is 15.3. The summed E-state index contributed by atoms with van der Waals surface area (Å²) in [6.45, 7) is 2.00. The molecule has 0 aliphatic carbocycles. The van der Waals surface area contributed by atoms with Crippen molar-refractivity contribution in [1.29, 1.82) is 0 Å². The summed E-state index contributed by atoms with van der Waals surface area (Å²) in [5.74, 6) is 0.620. The standard InChI is InChI=1S/C24H21N3/c1-18-16-23(20-12-6-3-7-13-20)27-24(25-18)26-22-15-9-8-14-21(22)17-19-10-4-2-5-11-19/h2-16H,17H2,1H3,(H,25,26,27). The molecule has 1 heterocycles. The van der Waals surface area contributed by atoms with Crippen LogP contribution >= 0.6 is 0 Å². The molecule has 0 fully saturated rings. The number of hydrogen-bond acceptors (Lipinski definition) is 3. The minimum Gasteiger partial charge on any atom is -0.324 e. The van der Waals surface area contributed by atoms with Crippen molar-refractivity contribution in [3.05, 3.63) is 108 Å². The summed E-state index contributed by atoms with van der Waals surface area (Å²) >= 11 is 0. The number of nitrogens with zero attached hydrogens (tertiary/aromatic N) is 2. The molecule has 4 rings (SSSR count). The second kappa shape index (κ2) is 7.83. The van der Waals surface area contributed by atoms with Gasteiger partial charge in [0.05, 0.1) is 5.69 Å². The molecule has 132 valence electrons. The number of hydrogen-bond donors (Lipinski definition) is 1. The molecule has 0 bridgehead atoms. The third-order valence-corrected chi connectivity index (χ3v) is 4.43. The van der Waals surface area contributed by atoms with Gasteiger partial charge in [-0.2, -0.15) is 0 Å². The first kappa shape index (κ1) is 17.0. The Morgan fingerprint density at radius 1 is 0.741 bits per heavy atom. The number of aryl methyl sites for hydroxylation is 1. The molecule has 0 aliphatic rings.